The van der Waals surface area contributed by atoms with Gasteiger partial charge in [0.15, 0.2) is 0 Å². The number of anilines is 2. The number of nitrogens with zero attached hydrogens (tertiary/aromatic N) is 3. The molecule has 1 aliphatic rings. The van der Waals surface area contributed by atoms with Gasteiger partial charge in [-0.2, -0.15) is 0 Å². The molecule has 23 heavy (non-hydrogen) atoms. The second-order valence-electron chi connectivity index (χ2n) is 5.36. The zero-order chi connectivity index (χ0) is 15.8. The quantitative estimate of drug-likeness (QED) is 0.809. The minimum absolute atomic E-state index is 0.0674. The number of nitrogens with one attached hydrogen (secondary N) is 1. The minimum Gasteiger partial charge on any atom is -0.497 e. The Morgan fingerprint density at radius 3 is 2.65 bits per heavy atom. The second-order valence-corrected chi connectivity index (χ2v) is 5.36. The average Bonchev–Trinajstić information content (AvgIpc) is 3.17. The second kappa shape index (κ2) is 5.31. The number of aromatic amines is 1. The van der Waals surface area contributed by atoms with Crippen LogP contribution >= 0.6 is 0 Å². The molecule has 4 rings (SSSR count). The molecule has 6 nitrogen and oxygen atoms in total. The van der Waals surface area contributed by atoms with Gasteiger partial charge in [-0.05, 0) is 24.3 Å². The summed E-state index contributed by atoms with van der Waals surface area (Å²) >= 11 is 0. The summed E-state index contributed by atoms with van der Waals surface area (Å²) < 4.78 is 5.22. The van der Waals surface area contributed by atoms with Crippen molar-refractivity contribution in [2.45, 2.75) is 0 Å². The monoisotopic (exact) mass is 308 g/mol. The Bertz CT molecular complexity index is 859. The van der Waals surface area contributed by atoms with Gasteiger partial charge in [-0.15, -0.1) is 0 Å². The number of urea groups is 1. The summed E-state index contributed by atoms with van der Waals surface area (Å²) in [7, 11) is 1.63. The molecule has 6 heteroatoms. The van der Waals surface area contributed by atoms with Gasteiger partial charge in [0.05, 0.1) is 18.1 Å². The SMILES string of the molecule is COc1ccc2nc(N3CCN(c4ccccc4)C3=O)[nH]c2c1. The fourth-order valence-corrected chi connectivity index (χ4v) is 2.81. The van der Waals surface area contributed by atoms with Crippen molar-refractivity contribution in [1.29, 1.82) is 0 Å². The third kappa shape index (κ3) is 2.28. The lowest BCUT2D eigenvalue weighted by atomic mass is 10.3. The van der Waals surface area contributed by atoms with Crippen molar-refractivity contribution in [3.05, 3.63) is 48.5 Å². The van der Waals surface area contributed by atoms with Crippen LogP contribution in [0, 0.1) is 0 Å². The van der Waals surface area contributed by atoms with E-state index in [4.69, 9.17) is 4.74 Å². The number of methoxy groups -OCH3 is 1. The molecule has 0 unspecified atom stereocenters. The first kappa shape index (κ1) is 13.6. The van der Waals surface area contributed by atoms with Gasteiger partial charge < -0.3 is 9.72 Å². The molecule has 1 aromatic heterocycles. The van der Waals surface area contributed by atoms with E-state index in [0.717, 1.165) is 22.5 Å². The molecule has 0 saturated carbocycles. The maximum Gasteiger partial charge on any atom is 0.331 e. The summed E-state index contributed by atoms with van der Waals surface area (Å²) in [6, 6.07) is 15.2. The highest BCUT2D eigenvalue weighted by Gasteiger charge is 2.32. The van der Waals surface area contributed by atoms with Gasteiger partial charge in [0.25, 0.3) is 0 Å². The van der Waals surface area contributed by atoms with E-state index in [1.807, 2.05) is 48.5 Å². The van der Waals surface area contributed by atoms with Crippen LogP contribution in [-0.4, -0.2) is 36.2 Å². The van der Waals surface area contributed by atoms with Crippen molar-refractivity contribution in [2.75, 3.05) is 30.0 Å². The Morgan fingerprint density at radius 1 is 1.09 bits per heavy atom. The largest absolute Gasteiger partial charge is 0.497 e. The number of H-pyrrole nitrogens is 1. The van der Waals surface area contributed by atoms with Crippen molar-refractivity contribution >= 4 is 28.7 Å². The molecule has 116 valence electrons. The van der Waals surface area contributed by atoms with E-state index in [0.29, 0.717) is 19.0 Å². The first-order chi connectivity index (χ1) is 11.3. The van der Waals surface area contributed by atoms with Gasteiger partial charge in [0.1, 0.15) is 5.75 Å². The van der Waals surface area contributed by atoms with Crippen molar-refractivity contribution < 1.29 is 9.53 Å². The van der Waals surface area contributed by atoms with Gasteiger partial charge in [0.2, 0.25) is 5.95 Å². The topological polar surface area (TPSA) is 61.5 Å². The van der Waals surface area contributed by atoms with Gasteiger partial charge >= 0.3 is 6.03 Å². The molecule has 2 heterocycles. The molecule has 3 aromatic rings. The third-order valence-electron chi connectivity index (χ3n) is 4.01. The predicted octanol–water partition coefficient (Wildman–Crippen LogP) is 3.02. The number of imidazole rings is 1. The summed E-state index contributed by atoms with van der Waals surface area (Å²) in [6.07, 6.45) is 0. The maximum atomic E-state index is 12.7. The molecule has 1 fully saturated rings. The fourth-order valence-electron chi connectivity index (χ4n) is 2.81. The van der Waals surface area contributed by atoms with E-state index >= 15 is 0 Å². The van der Waals surface area contributed by atoms with Crippen LogP contribution in [0.3, 0.4) is 0 Å². The summed E-state index contributed by atoms with van der Waals surface area (Å²) in [4.78, 5) is 23.8. The van der Waals surface area contributed by atoms with Crippen molar-refractivity contribution in [3.8, 4) is 5.75 Å². The van der Waals surface area contributed by atoms with Gasteiger partial charge in [0, 0.05) is 24.8 Å². The minimum atomic E-state index is -0.0674. The van der Waals surface area contributed by atoms with Crippen LogP contribution < -0.4 is 14.5 Å². The third-order valence-corrected chi connectivity index (χ3v) is 4.01. The van der Waals surface area contributed by atoms with E-state index in [1.54, 1.807) is 16.9 Å². The Labute approximate surface area is 133 Å². The molecule has 1 N–H and O–H groups in total. The van der Waals surface area contributed by atoms with Crippen LogP contribution in [-0.2, 0) is 0 Å². The van der Waals surface area contributed by atoms with Crippen molar-refractivity contribution in [3.63, 3.8) is 0 Å². The summed E-state index contributed by atoms with van der Waals surface area (Å²) in [5, 5.41) is 0. The number of carbonyl (C=O) groups excluding carboxylic acids is 1. The Hall–Kier alpha value is -3.02. The number of hydrogen-bond donors (Lipinski definition) is 1. The van der Waals surface area contributed by atoms with Gasteiger partial charge in [-0.25, -0.2) is 9.78 Å². The van der Waals surface area contributed by atoms with Crippen LogP contribution in [0.25, 0.3) is 11.0 Å². The molecule has 0 spiro atoms. The fraction of sp³-hybridized carbons (Fsp3) is 0.176. The molecular formula is C17H16N4O2. The first-order valence-electron chi connectivity index (χ1n) is 7.44. The lowest BCUT2D eigenvalue weighted by molar-refractivity contribution is 0.255. The Morgan fingerprint density at radius 2 is 1.87 bits per heavy atom. The predicted molar refractivity (Wildman–Crippen MR) is 89.2 cm³/mol. The molecule has 0 atom stereocenters. The van der Waals surface area contributed by atoms with Crippen LogP contribution in [0.4, 0.5) is 16.4 Å². The average molecular weight is 308 g/mol. The smallest absolute Gasteiger partial charge is 0.331 e. The van der Waals surface area contributed by atoms with Gasteiger partial charge in [-0.3, -0.25) is 9.80 Å². The van der Waals surface area contributed by atoms with Crippen molar-refractivity contribution in [2.24, 2.45) is 0 Å². The highest BCUT2D eigenvalue weighted by Crippen LogP contribution is 2.26. The number of hydrogen-bond acceptors (Lipinski definition) is 3. The van der Waals surface area contributed by atoms with E-state index in [2.05, 4.69) is 9.97 Å². The molecule has 1 saturated heterocycles. The molecule has 0 radical (unpaired) electrons. The number of ether oxygens (including phenoxy) is 1. The van der Waals surface area contributed by atoms with Crippen molar-refractivity contribution in [1.82, 2.24) is 9.97 Å². The molecule has 2 aromatic carbocycles. The van der Waals surface area contributed by atoms with E-state index < -0.39 is 0 Å². The molecular weight excluding hydrogens is 292 g/mol. The number of para-hydroxylation sites is 1. The summed E-state index contributed by atoms with van der Waals surface area (Å²) in [5.74, 6) is 1.32. The molecule has 0 aliphatic carbocycles. The highest BCUT2D eigenvalue weighted by molar-refractivity contribution is 6.05. The van der Waals surface area contributed by atoms with E-state index in [-0.39, 0.29) is 6.03 Å². The number of carbonyl (C=O) groups is 1. The van der Waals surface area contributed by atoms with Gasteiger partial charge in [-0.1, -0.05) is 18.2 Å². The van der Waals surface area contributed by atoms with Crippen LogP contribution in [0.2, 0.25) is 0 Å². The van der Waals surface area contributed by atoms with Crippen LogP contribution in [0.1, 0.15) is 0 Å². The standard InChI is InChI=1S/C17H16N4O2/c1-23-13-7-8-14-15(11-13)19-16(18-14)21-10-9-20(17(21)22)12-5-3-2-4-6-12/h2-8,11H,9-10H2,1H3,(H,18,19). The zero-order valence-corrected chi connectivity index (χ0v) is 12.7. The molecule has 0 bridgehead atoms. The summed E-state index contributed by atoms with van der Waals surface area (Å²) in [5.41, 5.74) is 2.56. The Kier molecular flexibility index (Phi) is 3.15. The maximum absolute atomic E-state index is 12.7. The summed E-state index contributed by atoms with van der Waals surface area (Å²) in [6.45, 7) is 1.24. The lowest BCUT2D eigenvalue weighted by Crippen LogP contribution is -2.32. The van der Waals surface area contributed by atoms with E-state index in [9.17, 15) is 4.79 Å². The number of aromatic nitrogens is 2. The number of benzene rings is 2. The number of fused-ring (bicyclic) bond motifs is 1. The van der Waals surface area contributed by atoms with E-state index in [1.165, 1.54) is 0 Å². The number of rotatable bonds is 3. The molecule has 1 aliphatic heterocycles. The molecule has 2 amide bonds. The normalized spacial score (nSPS) is 14.7. The zero-order valence-electron chi connectivity index (χ0n) is 12.7. The Balaban J connectivity index is 1.65. The lowest BCUT2D eigenvalue weighted by Gasteiger charge is -2.16. The number of amides is 2. The highest BCUT2D eigenvalue weighted by atomic mass is 16.5. The van der Waals surface area contributed by atoms with Crippen LogP contribution in [0.15, 0.2) is 48.5 Å². The van der Waals surface area contributed by atoms with Crippen LogP contribution in [0.5, 0.6) is 5.75 Å². The first-order valence-corrected chi connectivity index (χ1v) is 7.44.